The quantitative estimate of drug-likeness (QED) is 0.839. The van der Waals surface area contributed by atoms with Gasteiger partial charge in [-0.25, -0.2) is 0 Å². The molecular formula is C16H24N2O. The summed E-state index contributed by atoms with van der Waals surface area (Å²) in [5.41, 5.74) is 2.00. The Morgan fingerprint density at radius 3 is 2.37 bits per heavy atom. The predicted octanol–water partition coefficient (Wildman–Crippen LogP) is 4.03. The Bertz CT molecular complexity index is 407. The Balaban J connectivity index is 1.89. The zero-order valence-corrected chi connectivity index (χ0v) is 11.9. The van der Waals surface area contributed by atoms with Gasteiger partial charge in [0, 0.05) is 23.8 Å². The van der Waals surface area contributed by atoms with Crippen molar-refractivity contribution in [2.75, 3.05) is 10.6 Å². The lowest BCUT2D eigenvalue weighted by atomic mass is 9.99. The van der Waals surface area contributed by atoms with Crippen molar-refractivity contribution < 1.29 is 4.79 Å². The van der Waals surface area contributed by atoms with E-state index in [4.69, 9.17) is 0 Å². The molecule has 2 rings (SSSR count). The smallest absolute Gasteiger partial charge is 0.224 e. The molecule has 0 saturated heterocycles. The van der Waals surface area contributed by atoms with E-state index in [1.54, 1.807) is 0 Å². The molecule has 1 amide bonds. The van der Waals surface area contributed by atoms with Crippen molar-refractivity contribution in [2.45, 2.75) is 52.0 Å². The summed E-state index contributed by atoms with van der Waals surface area (Å²) in [6.45, 7) is 4.12. The van der Waals surface area contributed by atoms with Gasteiger partial charge in [0.25, 0.3) is 0 Å². The zero-order chi connectivity index (χ0) is 13.7. The highest BCUT2D eigenvalue weighted by Gasteiger charge is 2.21. The topological polar surface area (TPSA) is 41.1 Å². The first-order chi connectivity index (χ1) is 9.19. The van der Waals surface area contributed by atoms with Crippen molar-refractivity contribution in [3.63, 3.8) is 0 Å². The maximum atomic E-state index is 11.3. The van der Waals surface area contributed by atoms with Crippen LogP contribution in [0.25, 0.3) is 0 Å². The lowest BCUT2D eigenvalue weighted by Crippen LogP contribution is -2.23. The second-order valence-corrected chi connectivity index (χ2v) is 5.46. The van der Waals surface area contributed by atoms with Crippen molar-refractivity contribution in [3.05, 3.63) is 24.3 Å². The molecule has 1 saturated carbocycles. The molecule has 1 aromatic carbocycles. The molecule has 0 radical (unpaired) electrons. The molecule has 104 valence electrons. The van der Waals surface area contributed by atoms with Gasteiger partial charge in [0.15, 0.2) is 0 Å². The number of carbonyl (C=O) groups excluding carboxylic acids is 1. The second kappa shape index (κ2) is 6.60. The fourth-order valence-electron chi connectivity index (χ4n) is 2.74. The fourth-order valence-corrected chi connectivity index (χ4v) is 2.74. The van der Waals surface area contributed by atoms with Crippen molar-refractivity contribution in [2.24, 2.45) is 5.92 Å². The second-order valence-electron chi connectivity index (χ2n) is 5.46. The van der Waals surface area contributed by atoms with E-state index in [0.29, 0.717) is 12.5 Å². The summed E-state index contributed by atoms with van der Waals surface area (Å²) < 4.78 is 0. The van der Waals surface area contributed by atoms with Crippen LogP contribution in [0.5, 0.6) is 0 Å². The molecule has 1 aliphatic carbocycles. The van der Waals surface area contributed by atoms with Gasteiger partial charge in [-0.2, -0.15) is 0 Å². The summed E-state index contributed by atoms with van der Waals surface area (Å²) >= 11 is 0. The Labute approximate surface area is 115 Å². The molecule has 0 heterocycles. The van der Waals surface area contributed by atoms with Gasteiger partial charge in [-0.3, -0.25) is 4.79 Å². The van der Waals surface area contributed by atoms with Crippen LogP contribution in [0.15, 0.2) is 24.3 Å². The Kier molecular flexibility index (Phi) is 4.83. The van der Waals surface area contributed by atoms with Crippen LogP contribution >= 0.6 is 0 Å². The number of carbonyl (C=O) groups is 1. The summed E-state index contributed by atoms with van der Waals surface area (Å²) in [6, 6.07) is 8.51. The van der Waals surface area contributed by atoms with Gasteiger partial charge in [0.2, 0.25) is 5.91 Å². The minimum atomic E-state index is 0.0556. The van der Waals surface area contributed by atoms with E-state index in [-0.39, 0.29) is 5.91 Å². The molecule has 1 fully saturated rings. The third-order valence-corrected chi connectivity index (χ3v) is 3.99. The molecule has 0 aromatic heterocycles. The van der Waals surface area contributed by atoms with E-state index >= 15 is 0 Å². The summed E-state index contributed by atoms with van der Waals surface area (Å²) in [6.07, 6.45) is 5.95. The molecule has 1 aliphatic rings. The average Bonchev–Trinajstić information content (AvgIpc) is 2.95. The minimum Gasteiger partial charge on any atom is -0.382 e. The SMILES string of the molecule is CCC(=O)Nc1ccc(NC(C)C2CCCC2)cc1. The molecular weight excluding hydrogens is 236 g/mol. The molecule has 1 atom stereocenters. The first kappa shape index (κ1) is 13.9. The van der Waals surface area contributed by atoms with Gasteiger partial charge < -0.3 is 10.6 Å². The average molecular weight is 260 g/mol. The number of amides is 1. The van der Waals surface area contributed by atoms with Gasteiger partial charge in [0.1, 0.15) is 0 Å². The Morgan fingerprint density at radius 1 is 1.21 bits per heavy atom. The zero-order valence-electron chi connectivity index (χ0n) is 11.9. The van der Waals surface area contributed by atoms with Gasteiger partial charge >= 0.3 is 0 Å². The van der Waals surface area contributed by atoms with E-state index in [9.17, 15) is 4.79 Å². The number of benzene rings is 1. The van der Waals surface area contributed by atoms with Gasteiger partial charge in [-0.15, -0.1) is 0 Å². The normalized spacial score (nSPS) is 17.2. The highest BCUT2D eigenvalue weighted by Crippen LogP contribution is 2.29. The number of nitrogens with one attached hydrogen (secondary N) is 2. The van der Waals surface area contributed by atoms with Crippen molar-refractivity contribution in [1.29, 1.82) is 0 Å². The lowest BCUT2D eigenvalue weighted by Gasteiger charge is -2.21. The summed E-state index contributed by atoms with van der Waals surface area (Å²) in [5, 5.41) is 6.43. The van der Waals surface area contributed by atoms with Crippen LogP contribution in [0.4, 0.5) is 11.4 Å². The van der Waals surface area contributed by atoms with Gasteiger partial charge in [-0.05, 0) is 49.9 Å². The molecule has 1 unspecified atom stereocenters. The highest BCUT2D eigenvalue weighted by molar-refractivity contribution is 5.90. The van der Waals surface area contributed by atoms with Crippen LogP contribution < -0.4 is 10.6 Å². The van der Waals surface area contributed by atoms with E-state index in [0.717, 1.165) is 17.3 Å². The molecule has 2 N–H and O–H groups in total. The van der Waals surface area contributed by atoms with Crippen LogP contribution in [0.3, 0.4) is 0 Å². The predicted molar refractivity (Wildman–Crippen MR) is 80.4 cm³/mol. The largest absolute Gasteiger partial charge is 0.382 e. The molecule has 19 heavy (non-hydrogen) atoms. The molecule has 3 nitrogen and oxygen atoms in total. The first-order valence-electron chi connectivity index (χ1n) is 7.35. The molecule has 1 aromatic rings. The Hall–Kier alpha value is -1.51. The van der Waals surface area contributed by atoms with E-state index in [1.807, 2.05) is 31.2 Å². The van der Waals surface area contributed by atoms with Crippen LogP contribution in [0, 0.1) is 5.92 Å². The highest BCUT2D eigenvalue weighted by atomic mass is 16.1. The standard InChI is InChI=1S/C16H24N2O/c1-3-16(19)18-15-10-8-14(9-11-15)17-12(2)13-6-4-5-7-13/h8-13,17H,3-7H2,1-2H3,(H,18,19). The summed E-state index contributed by atoms with van der Waals surface area (Å²) in [5.74, 6) is 0.861. The van der Waals surface area contributed by atoms with E-state index in [1.165, 1.54) is 25.7 Å². The molecule has 0 spiro atoms. The molecule has 3 heteroatoms. The Morgan fingerprint density at radius 2 is 1.79 bits per heavy atom. The number of hydrogen-bond acceptors (Lipinski definition) is 2. The maximum Gasteiger partial charge on any atom is 0.224 e. The molecule has 0 bridgehead atoms. The van der Waals surface area contributed by atoms with Crippen LogP contribution in [-0.4, -0.2) is 11.9 Å². The maximum absolute atomic E-state index is 11.3. The van der Waals surface area contributed by atoms with Crippen LogP contribution in [0.1, 0.15) is 46.0 Å². The van der Waals surface area contributed by atoms with Gasteiger partial charge in [0.05, 0.1) is 0 Å². The number of hydrogen-bond donors (Lipinski definition) is 2. The van der Waals surface area contributed by atoms with Crippen molar-refractivity contribution in [3.8, 4) is 0 Å². The monoisotopic (exact) mass is 260 g/mol. The van der Waals surface area contributed by atoms with Crippen molar-refractivity contribution >= 4 is 17.3 Å². The summed E-state index contributed by atoms with van der Waals surface area (Å²) in [4.78, 5) is 11.3. The minimum absolute atomic E-state index is 0.0556. The molecule has 0 aliphatic heterocycles. The summed E-state index contributed by atoms with van der Waals surface area (Å²) in [7, 11) is 0. The van der Waals surface area contributed by atoms with Crippen LogP contribution in [-0.2, 0) is 4.79 Å². The third-order valence-electron chi connectivity index (χ3n) is 3.99. The first-order valence-corrected chi connectivity index (χ1v) is 7.35. The number of rotatable bonds is 5. The third kappa shape index (κ3) is 3.98. The van der Waals surface area contributed by atoms with Crippen molar-refractivity contribution in [1.82, 2.24) is 0 Å². The van der Waals surface area contributed by atoms with E-state index < -0.39 is 0 Å². The lowest BCUT2D eigenvalue weighted by molar-refractivity contribution is -0.115. The van der Waals surface area contributed by atoms with E-state index in [2.05, 4.69) is 17.6 Å². The fraction of sp³-hybridized carbons (Fsp3) is 0.562. The van der Waals surface area contributed by atoms with Crippen LogP contribution in [0.2, 0.25) is 0 Å². The van der Waals surface area contributed by atoms with Gasteiger partial charge in [-0.1, -0.05) is 19.8 Å². The number of anilines is 2.